The van der Waals surface area contributed by atoms with Gasteiger partial charge in [-0.2, -0.15) is 0 Å². The van der Waals surface area contributed by atoms with Crippen LogP contribution in [0.15, 0.2) is 0 Å². The predicted molar refractivity (Wildman–Crippen MR) is 69.6 cm³/mol. The highest BCUT2D eigenvalue weighted by molar-refractivity contribution is 7.11. The number of rotatable bonds is 6. The molecule has 0 amide bonds. The van der Waals surface area contributed by atoms with E-state index in [-0.39, 0.29) is 0 Å². The third kappa shape index (κ3) is 4.01. The Morgan fingerprint density at radius 1 is 1.41 bits per heavy atom. The fourth-order valence-electron chi connectivity index (χ4n) is 1.97. The molecular weight excluding hydrogens is 234 g/mol. The average molecular weight is 255 g/mol. The summed E-state index contributed by atoms with van der Waals surface area (Å²) in [6, 6.07) is 0. The summed E-state index contributed by atoms with van der Waals surface area (Å²) in [6.45, 7) is 6.00. The van der Waals surface area contributed by atoms with E-state index in [4.69, 9.17) is 4.74 Å². The van der Waals surface area contributed by atoms with Crippen LogP contribution in [0.4, 0.5) is 0 Å². The van der Waals surface area contributed by atoms with E-state index in [1.165, 1.54) is 12.8 Å². The molecular formula is C12H21N3OS. The van der Waals surface area contributed by atoms with Gasteiger partial charge in [-0.05, 0) is 25.8 Å². The first kappa shape index (κ1) is 12.9. The van der Waals surface area contributed by atoms with Crippen LogP contribution in [0.3, 0.4) is 0 Å². The molecule has 5 heteroatoms. The van der Waals surface area contributed by atoms with E-state index in [1.807, 2.05) is 0 Å². The second kappa shape index (κ2) is 7.03. The Balaban J connectivity index is 1.78. The maximum atomic E-state index is 5.49. The van der Waals surface area contributed by atoms with Gasteiger partial charge in [0, 0.05) is 25.5 Å². The van der Waals surface area contributed by atoms with E-state index in [0.29, 0.717) is 5.92 Å². The van der Waals surface area contributed by atoms with Crippen LogP contribution >= 0.6 is 11.3 Å². The molecule has 2 heterocycles. The maximum absolute atomic E-state index is 5.49. The van der Waals surface area contributed by atoms with Crippen molar-refractivity contribution in [1.29, 1.82) is 0 Å². The van der Waals surface area contributed by atoms with Crippen molar-refractivity contribution >= 4 is 11.3 Å². The summed E-state index contributed by atoms with van der Waals surface area (Å²) in [4.78, 5) is 0. The van der Waals surface area contributed by atoms with E-state index >= 15 is 0 Å². The van der Waals surface area contributed by atoms with E-state index in [2.05, 4.69) is 22.4 Å². The minimum atomic E-state index is 0.485. The van der Waals surface area contributed by atoms with Crippen LogP contribution in [0.1, 0.15) is 42.1 Å². The fourth-order valence-corrected chi connectivity index (χ4v) is 2.93. The van der Waals surface area contributed by atoms with Crippen LogP contribution in [0.5, 0.6) is 0 Å². The zero-order valence-corrected chi connectivity index (χ0v) is 11.3. The quantitative estimate of drug-likeness (QED) is 0.790. The summed E-state index contributed by atoms with van der Waals surface area (Å²) in [5.41, 5.74) is 0. The largest absolute Gasteiger partial charge is 0.381 e. The Morgan fingerprint density at radius 2 is 2.35 bits per heavy atom. The first-order valence-electron chi connectivity index (χ1n) is 6.51. The highest BCUT2D eigenvalue weighted by atomic mass is 32.1. The number of nitrogens with zero attached hydrogens (tertiary/aromatic N) is 2. The van der Waals surface area contributed by atoms with Crippen molar-refractivity contribution in [3.05, 3.63) is 10.0 Å². The van der Waals surface area contributed by atoms with E-state index in [0.717, 1.165) is 49.2 Å². The predicted octanol–water partition coefficient (Wildman–Crippen LogP) is 1.97. The summed E-state index contributed by atoms with van der Waals surface area (Å²) in [6.07, 6.45) is 4.52. The van der Waals surface area contributed by atoms with Gasteiger partial charge in [-0.1, -0.05) is 6.92 Å². The first-order valence-corrected chi connectivity index (χ1v) is 7.32. The zero-order chi connectivity index (χ0) is 11.9. The van der Waals surface area contributed by atoms with Crippen molar-refractivity contribution in [2.24, 2.45) is 0 Å². The van der Waals surface area contributed by atoms with Crippen molar-refractivity contribution < 1.29 is 4.74 Å². The van der Waals surface area contributed by atoms with Crippen molar-refractivity contribution in [2.45, 2.75) is 38.5 Å². The maximum Gasteiger partial charge on any atom is 0.122 e. The number of ether oxygens (including phenoxy) is 1. The molecule has 0 aliphatic carbocycles. The van der Waals surface area contributed by atoms with Crippen molar-refractivity contribution in [3.8, 4) is 0 Å². The molecule has 0 radical (unpaired) electrons. The number of hydrogen-bond donors (Lipinski definition) is 1. The highest BCUT2D eigenvalue weighted by Crippen LogP contribution is 2.27. The van der Waals surface area contributed by atoms with Gasteiger partial charge in [-0.15, -0.1) is 21.5 Å². The summed E-state index contributed by atoms with van der Waals surface area (Å²) in [5.74, 6) is 0.485. The molecule has 1 N–H and O–H groups in total. The lowest BCUT2D eigenvalue weighted by Gasteiger charge is -2.19. The normalized spacial score (nSPS) is 20.6. The molecule has 96 valence electrons. The van der Waals surface area contributed by atoms with Gasteiger partial charge in [-0.25, -0.2) is 0 Å². The number of aromatic nitrogens is 2. The summed E-state index contributed by atoms with van der Waals surface area (Å²) < 4.78 is 5.49. The van der Waals surface area contributed by atoms with Gasteiger partial charge in [-0.3, -0.25) is 0 Å². The van der Waals surface area contributed by atoms with Gasteiger partial charge >= 0.3 is 0 Å². The standard InChI is InChI=1S/C12H21N3OS/c1-2-6-13-7-5-11-14-15-12(17-11)10-4-3-8-16-9-10/h10,13H,2-9H2,1H3. The van der Waals surface area contributed by atoms with Gasteiger partial charge in [0.15, 0.2) is 0 Å². The molecule has 0 bridgehead atoms. The molecule has 4 nitrogen and oxygen atoms in total. The Bertz CT molecular complexity index is 323. The minimum absolute atomic E-state index is 0.485. The molecule has 17 heavy (non-hydrogen) atoms. The molecule has 2 rings (SSSR count). The Morgan fingerprint density at radius 3 is 3.12 bits per heavy atom. The fraction of sp³-hybridized carbons (Fsp3) is 0.833. The van der Waals surface area contributed by atoms with E-state index in [9.17, 15) is 0 Å². The van der Waals surface area contributed by atoms with Gasteiger partial charge in [0.1, 0.15) is 10.0 Å². The molecule has 1 unspecified atom stereocenters. The van der Waals surface area contributed by atoms with Crippen LogP contribution < -0.4 is 5.32 Å². The van der Waals surface area contributed by atoms with Crippen molar-refractivity contribution in [3.63, 3.8) is 0 Å². The van der Waals surface area contributed by atoms with Crippen LogP contribution in [-0.2, 0) is 11.2 Å². The number of nitrogens with one attached hydrogen (secondary N) is 1. The summed E-state index contributed by atoms with van der Waals surface area (Å²) in [7, 11) is 0. The average Bonchev–Trinajstić information content (AvgIpc) is 2.85. The van der Waals surface area contributed by atoms with E-state index < -0.39 is 0 Å². The van der Waals surface area contributed by atoms with Crippen LogP contribution in [0.2, 0.25) is 0 Å². The third-order valence-electron chi connectivity index (χ3n) is 2.93. The second-order valence-electron chi connectivity index (χ2n) is 4.45. The lowest BCUT2D eigenvalue weighted by Crippen LogP contribution is -2.17. The van der Waals surface area contributed by atoms with Crippen molar-refractivity contribution in [1.82, 2.24) is 15.5 Å². The molecule has 0 spiro atoms. The van der Waals surface area contributed by atoms with Crippen molar-refractivity contribution in [2.75, 3.05) is 26.3 Å². The summed E-state index contributed by atoms with van der Waals surface area (Å²) in [5, 5.41) is 14.3. The lowest BCUT2D eigenvalue weighted by atomic mass is 10.0. The van der Waals surface area contributed by atoms with Crippen LogP contribution in [0.25, 0.3) is 0 Å². The third-order valence-corrected chi connectivity index (χ3v) is 4.08. The van der Waals surface area contributed by atoms with Crippen LogP contribution in [-0.4, -0.2) is 36.5 Å². The minimum Gasteiger partial charge on any atom is -0.381 e. The Hall–Kier alpha value is -0.520. The SMILES string of the molecule is CCCNCCc1nnc(C2CCCOC2)s1. The molecule has 1 aliphatic heterocycles. The summed E-state index contributed by atoms with van der Waals surface area (Å²) >= 11 is 1.76. The molecule has 0 aromatic carbocycles. The Kier molecular flexibility index (Phi) is 5.35. The number of hydrogen-bond acceptors (Lipinski definition) is 5. The lowest BCUT2D eigenvalue weighted by molar-refractivity contribution is 0.0802. The molecule has 1 saturated heterocycles. The topological polar surface area (TPSA) is 47.0 Å². The van der Waals surface area contributed by atoms with Gasteiger partial charge < -0.3 is 10.1 Å². The Labute approximate surface area is 107 Å². The second-order valence-corrected chi connectivity index (χ2v) is 5.54. The molecule has 0 saturated carbocycles. The smallest absolute Gasteiger partial charge is 0.122 e. The zero-order valence-electron chi connectivity index (χ0n) is 10.4. The van der Waals surface area contributed by atoms with Gasteiger partial charge in [0.25, 0.3) is 0 Å². The molecule has 1 aromatic heterocycles. The monoisotopic (exact) mass is 255 g/mol. The van der Waals surface area contributed by atoms with E-state index in [1.54, 1.807) is 11.3 Å². The highest BCUT2D eigenvalue weighted by Gasteiger charge is 2.19. The van der Waals surface area contributed by atoms with Gasteiger partial charge in [0.05, 0.1) is 6.61 Å². The first-order chi connectivity index (χ1) is 8.40. The molecule has 1 aromatic rings. The molecule has 1 atom stereocenters. The van der Waals surface area contributed by atoms with Gasteiger partial charge in [0.2, 0.25) is 0 Å². The molecule has 1 aliphatic rings. The van der Waals surface area contributed by atoms with Crippen LogP contribution in [0, 0.1) is 0 Å². The molecule has 1 fully saturated rings.